The molecule has 0 aliphatic carbocycles. The van der Waals surface area contributed by atoms with Crippen molar-refractivity contribution in [3.63, 3.8) is 0 Å². The van der Waals surface area contributed by atoms with Crippen LogP contribution in [0.25, 0.3) is 6.08 Å². The van der Waals surface area contributed by atoms with Crippen LogP contribution in [0, 0.1) is 0 Å². The third kappa shape index (κ3) is 3.14. The summed E-state index contributed by atoms with van der Waals surface area (Å²) in [5.74, 6) is 0. The highest BCUT2D eigenvalue weighted by Gasteiger charge is 1.96. The average Bonchev–Trinajstić information content (AvgIpc) is 2.11. The van der Waals surface area contributed by atoms with Gasteiger partial charge in [0, 0.05) is 4.47 Å². The molecule has 13 heavy (non-hydrogen) atoms. The molecule has 0 aliphatic rings. The van der Waals surface area contributed by atoms with Crippen molar-refractivity contribution in [1.29, 1.82) is 0 Å². The Balaban J connectivity index is 2.98. The van der Waals surface area contributed by atoms with E-state index < -0.39 is 0 Å². The maximum Gasteiger partial charge on any atom is 0.0642 e. The standard InChI is InChI=1S/C10H10BrClO/c1-7(6-13)4-8-2-3-9(11)10(12)5-8/h2-5,13H,6H2,1H3/b7-4-. The Morgan fingerprint density at radius 1 is 1.62 bits per heavy atom. The zero-order valence-corrected chi connectivity index (χ0v) is 9.56. The van der Waals surface area contributed by atoms with Crippen LogP contribution in [0.1, 0.15) is 12.5 Å². The molecule has 0 atom stereocenters. The predicted molar refractivity (Wildman–Crippen MR) is 59.9 cm³/mol. The van der Waals surface area contributed by atoms with Crippen molar-refractivity contribution < 1.29 is 5.11 Å². The molecule has 1 aromatic rings. The summed E-state index contributed by atoms with van der Waals surface area (Å²) in [5, 5.41) is 9.49. The van der Waals surface area contributed by atoms with Crippen LogP contribution in [-0.4, -0.2) is 11.7 Å². The number of hydrogen-bond acceptors (Lipinski definition) is 1. The van der Waals surface area contributed by atoms with Gasteiger partial charge in [-0.15, -0.1) is 0 Å². The van der Waals surface area contributed by atoms with Crippen molar-refractivity contribution in [1.82, 2.24) is 0 Å². The number of benzene rings is 1. The minimum absolute atomic E-state index is 0.0771. The van der Waals surface area contributed by atoms with Gasteiger partial charge in [0.05, 0.1) is 11.6 Å². The first-order valence-electron chi connectivity index (χ1n) is 3.86. The van der Waals surface area contributed by atoms with Crippen molar-refractivity contribution >= 4 is 33.6 Å². The van der Waals surface area contributed by atoms with Gasteiger partial charge in [-0.3, -0.25) is 0 Å². The van der Waals surface area contributed by atoms with E-state index in [2.05, 4.69) is 15.9 Å². The summed E-state index contributed by atoms with van der Waals surface area (Å²) in [6.07, 6.45) is 1.90. The second kappa shape index (κ2) is 4.80. The van der Waals surface area contributed by atoms with E-state index in [0.717, 1.165) is 15.6 Å². The Morgan fingerprint density at radius 2 is 2.31 bits per heavy atom. The molecule has 0 spiro atoms. The molecule has 3 heteroatoms. The smallest absolute Gasteiger partial charge is 0.0642 e. The molecule has 0 aliphatic heterocycles. The van der Waals surface area contributed by atoms with Crippen molar-refractivity contribution in [2.24, 2.45) is 0 Å². The molecule has 0 unspecified atom stereocenters. The first-order chi connectivity index (χ1) is 6.13. The van der Waals surface area contributed by atoms with Crippen LogP contribution >= 0.6 is 27.5 Å². The Labute approximate surface area is 91.2 Å². The maximum absolute atomic E-state index is 8.81. The summed E-state index contributed by atoms with van der Waals surface area (Å²) < 4.78 is 0.882. The highest BCUT2D eigenvalue weighted by molar-refractivity contribution is 9.10. The first-order valence-corrected chi connectivity index (χ1v) is 5.03. The lowest BCUT2D eigenvalue weighted by molar-refractivity contribution is 0.332. The van der Waals surface area contributed by atoms with Crippen molar-refractivity contribution in [2.45, 2.75) is 6.92 Å². The monoisotopic (exact) mass is 260 g/mol. The fourth-order valence-electron chi connectivity index (χ4n) is 0.932. The van der Waals surface area contributed by atoms with Crippen LogP contribution in [0.3, 0.4) is 0 Å². The van der Waals surface area contributed by atoms with E-state index in [1.54, 1.807) is 0 Å². The molecule has 0 saturated heterocycles. The molecule has 0 radical (unpaired) electrons. The summed E-state index contributed by atoms with van der Waals surface area (Å²) in [5.41, 5.74) is 1.91. The normalized spacial score (nSPS) is 11.8. The molecule has 0 amide bonds. The van der Waals surface area contributed by atoms with Gasteiger partial charge >= 0.3 is 0 Å². The number of aliphatic hydroxyl groups excluding tert-OH is 1. The van der Waals surface area contributed by atoms with Gasteiger partial charge in [-0.1, -0.05) is 23.7 Å². The zero-order chi connectivity index (χ0) is 9.84. The molecule has 1 aromatic carbocycles. The van der Waals surface area contributed by atoms with Gasteiger partial charge in [-0.05, 0) is 46.1 Å². The largest absolute Gasteiger partial charge is 0.392 e. The van der Waals surface area contributed by atoms with E-state index in [9.17, 15) is 0 Å². The lowest BCUT2D eigenvalue weighted by atomic mass is 10.1. The average molecular weight is 262 g/mol. The van der Waals surface area contributed by atoms with E-state index in [4.69, 9.17) is 16.7 Å². The minimum Gasteiger partial charge on any atom is -0.392 e. The Morgan fingerprint density at radius 3 is 2.85 bits per heavy atom. The maximum atomic E-state index is 8.81. The van der Waals surface area contributed by atoms with Gasteiger partial charge in [0.25, 0.3) is 0 Å². The Bertz CT molecular complexity index is 334. The highest BCUT2D eigenvalue weighted by atomic mass is 79.9. The lowest BCUT2D eigenvalue weighted by Crippen LogP contribution is -1.83. The van der Waals surface area contributed by atoms with Crippen molar-refractivity contribution in [3.05, 3.63) is 38.8 Å². The molecular weight excluding hydrogens is 251 g/mol. The molecule has 0 aromatic heterocycles. The summed E-state index contributed by atoms with van der Waals surface area (Å²) in [6.45, 7) is 1.95. The molecule has 1 rings (SSSR count). The van der Waals surface area contributed by atoms with E-state index in [0.29, 0.717) is 5.02 Å². The quantitative estimate of drug-likeness (QED) is 0.864. The SMILES string of the molecule is C/C(=C/c1ccc(Br)c(Cl)c1)CO. The first kappa shape index (κ1) is 10.8. The summed E-state index contributed by atoms with van der Waals surface area (Å²) in [4.78, 5) is 0. The van der Waals surface area contributed by atoms with Crippen molar-refractivity contribution in [2.75, 3.05) is 6.61 Å². The number of aliphatic hydroxyl groups is 1. The van der Waals surface area contributed by atoms with Crippen LogP contribution < -0.4 is 0 Å². The molecule has 1 N–H and O–H groups in total. The second-order valence-electron chi connectivity index (χ2n) is 2.82. The fourth-order valence-corrected chi connectivity index (χ4v) is 1.37. The molecule has 0 saturated carbocycles. The van der Waals surface area contributed by atoms with E-state index in [1.165, 1.54) is 0 Å². The molecule has 1 nitrogen and oxygen atoms in total. The second-order valence-corrected chi connectivity index (χ2v) is 4.08. The molecule has 0 fully saturated rings. The number of rotatable bonds is 2. The molecule has 0 heterocycles. The van der Waals surface area contributed by atoms with Crippen LogP contribution in [0.4, 0.5) is 0 Å². The Hall–Kier alpha value is -0.310. The summed E-state index contributed by atoms with van der Waals surface area (Å²) in [7, 11) is 0. The number of hydrogen-bond donors (Lipinski definition) is 1. The minimum atomic E-state index is 0.0771. The van der Waals surface area contributed by atoms with Gasteiger partial charge < -0.3 is 5.11 Å². The van der Waals surface area contributed by atoms with E-state index in [1.807, 2.05) is 31.2 Å². The van der Waals surface area contributed by atoms with Gasteiger partial charge in [-0.25, -0.2) is 0 Å². The lowest BCUT2D eigenvalue weighted by Gasteiger charge is -1.99. The molecule has 70 valence electrons. The third-order valence-corrected chi connectivity index (χ3v) is 2.84. The Kier molecular flexibility index (Phi) is 3.97. The fraction of sp³-hybridized carbons (Fsp3) is 0.200. The highest BCUT2D eigenvalue weighted by Crippen LogP contribution is 2.24. The van der Waals surface area contributed by atoms with Crippen LogP contribution in [0.15, 0.2) is 28.2 Å². The zero-order valence-electron chi connectivity index (χ0n) is 7.22. The summed E-state index contributed by atoms with van der Waals surface area (Å²) >= 11 is 9.21. The summed E-state index contributed by atoms with van der Waals surface area (Å²) in [6, 6.07) is 5.68. The van der Waals surface area contributed by atoms with E-state index >= 15 is 0 Å². The molecular formula is C10H10BrClO. The van der Waals surface area contributed by atoms with Crippen LogP contribution in [-0.2, 0) is 0 Å². The van der Waals surface area contributed by atoms with Crippen LogP contribution in [0.5, 0.6) is 0 Å². The topological polar surface area (TPSA) is 20.2 Å². The van der Waals surface area contributed by atoms with Gasteiger partial charge in [0.1, 0.15) is 0 Å². The van der Waals surface area contributed by atoms with Crippen LogP contribution in [0.2, 0.25) is 5.02 Å². The van der Waals surface area contributed by atoms with Gasteiger partial charge in [0.15, 0.2) is 0 Å². The number of halogens is 2. The molecule has 0 bridgehead atoms. The van der Waals surface area contributed by atoms with Gasteiger partial charge in [0.2, 0.25) is 0 Å². The van der Waals surface area contributed by atoms with Gasteiger partial charge in [-0.2, -0.15) is 0 Å². The third-order valence-electron chi connectivity index (χ3n) is 1.61. The van der Waals surface area contributed by atoms with Crippen molar-refractivity contribution in [3.8, 4) is 0 Å². The predicted octanol–water partition coefficient (Wildman–Crippen LogP) is 3.50. The van der Waals surface area contributed by atoms with E-state index in [-0.39, 0.29) is 6.61 Å².